The lowest BCUT2D eigenvalue weighted by molar-refractivity contribution is -0.149. The molecule has 0 aromatic heterocycles. The maximum absolute atomic E-state index is 12.6. The van der Waals surface area contributed by atoms with Crippen molar-refractivity contribution < 1.29 is 19.1 Å². The fourth-order valence-corrected chi connectivity index (χ4v) is 1.46. The van der Waals surface area contributed by atoms with Gasteiger partial charge < -0.3 is 10.0 Å². The fraction of sp³-hybridized carbons (Fsp3) is 0.200. The molecule has 1 saturated heterocycles. The lowest BCUT2D eigenvalue weighted by atomic mass is 9.98. The van der Waals surface area contributed by atoms with E-state index >= 15 is 0 Å². The number of anilines is 1. The molecule has 1 N–H and O–H groups in total. The molecule has 1 aromatic rings. The van der Waals surface area contributed by atoms with Gasteiger partial charge in [-0.15, -0.1) is 0 Å². The lowest BCUT2D eigenvalue weighted by Crippen LogP contribution is -2.56. The number of carboxylic acid groups (broad SMARTS) is 1. The Morgan fingerprint density at radius 2 is 2.00 bits per heavy atom. The first kappa shape index (κ1) is 9.64. The van der Waals surface area contributed by atoms with Gasteiger partial charge in [0.15, 0.2) is 5.92 Å². The number of aliphatic carboxylic acids is 1. The molecule has 2 rings (SSSR count). The van der Waals surface area contributed by atoms with E-state index in [1.165, 1.54) is 29.2 Å². The molecule has 5 heteroatoms. The Labute approximate surface area is 84.9 Å². The molecule has 1 heterocycles. The molecule has 0 bridgehead atoms. The van der Waals surface area contributed by atoms with Crippen LogP contribution >= 0.6 is 0 Å². The van der Waals surface area contributed by atoms with Gasteiger partial charge in [-0.3, -0.25) is 9.59 Å². The van der Waals surface area contributed by atoms with Crippen LogP contribution in [0.1, 0.15) is 0 Å². The maximum Gasteiger partial charge on any atom is 0.317 e. The third-order valence-corrected chi connectivity index (χ3v) is 2.37. The van der Waals surface area contributed by atoms with Crippen molar-refractivity contribution in [2.75, 3.05) is 11.4 Å². The van der Waals surface area contributed by atoms with Gasteiger partial charge in [0.25, 0.3) is 0 Å². The molecule has 1 fully saturated rings. The van der Waals surface area contributed by atoms with Crippen LogP contribution in [0.5, 0.6) is 0 Å². The number of carboxylic acids is 1. The predicted octanol–water partition coefficient (Wildman–Crippen LogP) is 0.873. The van der Waals surface area contributed by atoms with Gasteiger partial charge in [-0.1, -0.05) is 0 Å². The van der Waals surface area contributed by atoms with Gasteiger partial charge in [-0.2, -0.15) is 0 Å². The molecule has 15 heavy (non-hydrogen) atoms. The Hall–Kier alpha value is -1.91. The number of nitrogens with zero attached hydrogens (tertiary/aromatic N) is 1. The van der Waals surface area contributed by atoms with Gasteiger partial charge >= 0.3 is 5.97 Å². The average molecular weight is 209 g/mol. The largest absolute Gasteiger partial charge is 0.481 e. The first-order valence-corrected chi connectivity index (χ1v) is 4.39. The summed E-state index contributed by atoms with van der Waals surface area (Å²) in [4.78, 5) is 23.2. The SMILES string of the molecule is O=C(O)C1CN(c2ccc(F)cc2)C1=O. The number of halogens is 1. The summed E-state index contributed by atoms with van der Waals surface area (Å²) in [6.45, 7) is 0.153. The van der Waals surface area contributed by atoms with Crippen molar-refractivity contribution in [3.05, 3.63) is 30.1 Å². The zero-order valence-electron chi connectivity index (χ0n) is 7.68. The molecule has 0 radical (unpaired) electrons. The van der Waals surface area contributed by atoms with Crippen molar-refractivity contribution in [2.45, 2.75) is 0 Å². The van der Waals surface area contributed by atoms with Crippen molar-refractivity contribution in [3.63, 3.8) is 0 Å². The third-order valence-electron chi connectivity index (χ3n) is 2.37. The van der Waals surface area contributed by atoms with Crippen LogP contribution in [-0.4, -0.2) is 23.5 Å². The molecule has 4 nitrogen and oxygen atoms in total. The predicted molar refractivity (Wildman–Crippen MR) is 49.9 cm³/mol. The minimum absolute atomic E-state index is 0.153. The van der Waals surface area contributed by atoms with E-state index in [4.69, 9.17) is 5.11 Å². The van der Waals surface area contributed by atoms with Crippen LogP contribution < -0.4 is 4.90 Å². The van der Waals surface area contributed by atoms with E-state index in [0.717, 1.165) is 0 Å². The monoisotopic (exact) mass is 209 g/mol. The first-order chi connectivity index (χ1) is 7.09. The van der Waals surface area contributed by atoms with Crippen molar-refractivity contribution in [1.82, 2.24) is 0 Å². The van der Waals surface area contributed by atoms with Crippen LogP contribution in [0.2, 0.25) is 0 Å². The number of rotatable bonds is 2. The zero-order chi connectivity index (χ0) is 11.0. The summed E-state index contributed by atoms with van der Waals surface area (Å²) in [5, 5.41) is 8.60. The molecule has 0 spiro atoms. The summed E-state index contributed by atoms with van der Waals surface area (Å²) >= 11 is 0. The summed E-state index contributed by atoms with van der Waals surface area (Å²) < 4.78 is 12.6. The molecule has 1 amide bonds. The minimum atomic E-state index is -1.11. The van der Waals surface area contributed by atoms with Crippen LogP contribution in [0.4, 0.5) is 10.1 Å². The highest BCUT2D eigenvalue weighted by atomic mass is 19.1. The van der Waals surface area contributed by atoms with E-state index < -0.39 is 17.8 Å². The standard InChI is InChI=1S/C10H8FNO3/c11-6-1-3-7(4-2-6)12-5-8(9(12)13)10(14)15/h1-4,8H,5H2,(H,14,15). The minimum Gasteiger partial charge on any atom is -0.481 e. The number of β-lactam (4-membered cyclic amide) rings is 1. The van der Waals surface area contributed by atoms with Crippen molar-refractivity contribution in [2.24, 2.45) is 5.92 Å². The highest BCUT2D eigenvalue weighted by Crippen LogP contribution is 2.26. The van der Waals surface area contributed by atoms with Crippen LogP contribution in [0.25, 0.3) is 0 Å². The van der Waals surface area contributed by atoms with Gasteiger partial charge in [-0.05, 0) is 24.3 Å². The summed E-state index contributed by atoms with van der Waals surface area (Å²) in [7, 11) is 0. The fourth-order valence-electron chi connectivity index (χ4n) is 1.46. The van der Waals surface area contributed by atoms with Crippen LogP contribution in [0.3, 0.4) is 0 Å². The molecule has 1 aliphatic heterocycles. The van der Waals surface area contributed by atoms with Gasteiger partial charge in [0.2, 0.25) is 5.91 Å². The second-order valence-corrected chi connectivity index (χ2v) is 3.32. The van der Waals surface area contributed by atoms with Crippen LogP contribution in [-0.2, 0) is 9.59 Å². The number of benzene rings is 1. The maximum atomic E-state index is 12.6. The third kappa shape index (κ3) is 1.56. The van der Waals surface area contributed by atoms with Crippen molar-refractivity contribution in [3.8, 4) is 0 Å². The second kappa shape index (κ2) is 3.34. The van der Waals surface area contributed by atoms with Gasteiger partial charge in [0, 0.05) is 12.2 Å². The topological polar surface area (TPSA) is 57.6 Å². The second-order valence-electron chi connectivity index (χ2n) is 3.32. The molecular formula is C10H8FNO3. The number of hydrogen-bond donors (Lipinski definition) is 1. The van der Waals surface area contributed by atoms with E-state index in [1.54, 1.807) is 0 Å². The van der Waals surface area contributed by atoms with E-state index in [2.05, 4.69) is 0 Å². The molecule has 0 aliphatic carbocycles. The number of amides is 1. The van der Waals surface area contributed by atoms with E-state index in [-0.39, 0.29) is 12.4 Å². The van der Waals surface area contributed by atoms with E-state index in [0.29, 0.717) is 5.69 Å². The molecule has 1 aromatic carbocycles. The molecule has 0 saturated carbocycles. The smallest absolute Gasteiger partial charge is 0.317 e. The molecule has 78 valence electrons. The Balaban J connectivity index is 2.13. The number of carbonyl (C=O) groups is 2. The molecule has 1 aliphatic rings. The van der Waals surface area contributed by atoms with E-state index in [9.17, 15) is 14.0 Å². The normalized spacial score (nSPS) is 19.9. The van der Waals surface area contributed by atoms with Crippen LogP contribution in [0, 0.1) is 11.7 Å². The number of carbonyl (C=O) groups excluding carboxylic acids is 1. The Bertz CT molecular complexity index is 415. The molecule has 1 atom stereocenters. The van der Waals surface area contributed by atoms with Gasteiger partial charge in [0.1, 0.15) is 5.82 Å². The summed E-state index contributed by atoms with van der Waals surface area (Å²) in [5.74, 6) is -2.90. The Kier molecular flexibility index (Phi) is 2.15. The van der Waals surface area contributed by atoms with Gasteiger partial charge in [0.05, 0.1) is 0 Å². The van der Waals surface area contributed by atoms with E-state index in [1.807, 2.05) is 0 Å². The van der Waals surface area contributed by atoms with Crippen molar-refractivity contribution in [1.29, 1.82) is 0 Å². The van der Waals surface area contributed by atoms with Crippen LogP contribution in [0.15, 0.2) is 24.3 Å². The highest BCUT2D eigenvalue weighted by molar-refractivity contribution is 6.12. The molecular weight excluding hydrogens is 201 g/mol. The Morgan fingerprint density at radius 1 is 1.40 bits per heavy atom. The summed E-state index contributed by atoms with van der Waals surface area (Å²) in [6, 6.07) is 5.37. The average Bonchev–Trinajstić information content (AvgIpc) is 2.18. The quantitative estimate of drug-likeness (QED) is 0.580. The zero-order valence-corrected chi connectivity index (χ0v) is 7.68. The van der Waals surface area contributed by atoms with Gasteiger partial charge in [-0.25, -0.2) is 4.39 Å². The lowest BCUT2D eigenvalue weighted by Gasteiger charge is -2.35. The summed E-state index contributed by atoms with van der Waals surface area (Å²) in [6.07, 6.45) is 0. The molecule has 1 unspecified atom stereocenters. The first-order valence-electron chi connectivity index (χ1n) is 4.39. The van der Waals surface area contributed by atoms with Crippen molar-refractivity contribution >= 4 is 17.6 Å². The Morgan fingerprint density at radius 3 is 2.47 bits per heavy atom. The summed E-state index contributed by atoms with van der Waals surface area (Å²) in [5.41, 5.74) is 0.527. The highest BCUT2D eigenvalue weighted by Gasteiger charge is 2.42. The number of hydrogen-bond acceptors (Lipinski definition) is 2.